The fraction of sp³-hybridized carbons (Fsp3) is 0.300. The molecule has 0 saturated carbocycles. The number of halogens is 3. The maximum Gasteiger partial charge on any atom is 0.416 e. The van der Waals surface area contributed by atoms with Crippen molar-refractivity contribution >= 4 is 15.9 Å². The molecular formula is C30H30F3N3O4S. The second kappa shape index (κ2) is 12.1. The highest BCUT2D eigenvalue weighted by Crippen LogP contribution is 2.34. The Labute approximate surface area is 237 Å². The van der Waals surface area contributed by atoms with Crippen molar-refractivity contribution < 1.29 is 31.1 Å². The van der Waals surface area contributed by atoms with Gasteiger partial charge in [0, 0.05) is 38.0 Å². The standard InChI is InChI=1S/C30H30F3N3O4S/c31-30(32,33)23-9-6-10-24(18-23)41(38,39)35-27(22-7-2-1-3-8-22)19-29(37)34-26-13-16-40-28-17-21(11-12-25(26)28)20-36-14-4-5-15-36/h1-12,17-18,26-27,35H,13-16,19-20H2,(H,34,37). The number of nitrogens with one attached hydrogen (secondary N) is 2. The van der Waals surface area contributed by atoms with E-state index in [0.29, 0.717) is 30.4 Å². The summed E-state index contributed by atoms with van der Waals surface area (Å²) in [7, 11) is -4.39. The summed E-state index contributed by atoms with van der Waals surface area (Å²) in [6.45, 7) is 3.00. The summed E-state index contributed by atoms with van der Waals surface area (Å²) < 4.78 is 74.3. The zero-order chi connectivity index (χ0) is 29.0. The van der Waals surface area contributed by atoms with Crippen molar-refractivity contribution in [1.82, 2.24) is 14.9 Å². The molecule has 0 bridgehead atoms. The highest BCUT2D eigenvalue weighted by atomic mass is 32.2. The van der Waals surface area contributed by atoms with Crippen molar-refractivity contribution in [2.24, 2.45) is 0 Å². The topological polar surface area (TPSA) is 87.7 Å². The van der Waals surface area contributed by atoms with E-state index in [1.165, 1.54) is 0 Å². The molecule has 1 amide bonds. The Balaban J connectivity index is 1.31. The molecule has 11 heteroatoms. The first kappa shape index (κ1) is 28.8. The lowest BCUT2D eigenvalue weighted by Crippen LogP contribution is -2.36. The molecule has 5 rings (SSSR count). The second-order valence-corrected chi connectivity index (χ2v) is 11.8. The van der Waals surface area contributed by atoms with Crippen LogP contribution in [0.25, 0.3) is 0 Å². The van der Waals surface area contributed by atoms with Gasteiger partial charge in [-0.05, 0) is 35.4 Å². The lowest BCUT2D eigenvalue weighted by atomic mass is 9.97. The Morgan fingerprint density at radius 1 is 1.00 bits per heavy atom. The molecule has 7 nitrogen and oxygen atoms in total. The predicted octanol–water partition coefficient (Wildman–Crippen LogP) is 5.13. The maximum absolute atomic E-state index is 13.3. The molecule has 3 aromatic carbocycles. The minimum Gasteiger partial charge on any atom is -0.493 e. The van der Waals surface area contributed by atoms with Crippen molar-refractivity contribution in [2.75, 3.05) is 19.7 Å². The van der Waals surface area contributed by atoms with Crippen LogP contribution in [0.15, 0.2) is 89.8 Å². The van der Waals surface area contributed by atoms with Gasteiger partial charge in [0.25, 0.3) is 0 Å². The van der Waals surface area contributed by atoms with Gasteiger partial charge in [-0.15, -0.1) is 0 Å². The van der Waals surface area contributed by atoms with Crippen molar-refractivity contribution in [3.63, 3.8) is 0 Å². The number of carbonyl (C=O) groups excluding carboxylic acids is 1. The van der Waals surface area contributed by atoms with E-state index in [4.69, 9.17) is 4.74 Å². The number of rotatable bonds is 9. The number of alkyl halides is 3. The lowest BCUT2D eigenvalue weighted by molar-refractivity contribution is -0.137. The number of carbonyl (C=O) groups is 1. The number of ether oxygens (including phenoxy) is 1. The molecule has 2 atom stereocenters. The zero-order valence-corrected chi connectivity index (χ0v) is 22.9. The molecule has 2 aliphatic rings. The van der Waals surface area contributed by atoms with Crippen molar-refractivity contribution in [1.29, 1.82) is 0 Å². The van der Waals surface area contributed by atoms with Crippen molar-refractivity contribution in [3.8, 4) is 5.75 Å². The molecule has 41 heavy (non-hydrogen) atoms. The molecule has 0 aromatic heterocycles. The Kier molecular flexibility index (Phi) is 8.48. The highest BCUT2D eigenvalue weighted by molar-refractivity contribution is 7.89. The van der Waals surface area contributed by atoms with Crippen LogP contribution in [0.3, 0.4) is 0 Å². The largest absolute Gasteiger partial charge is 0.493 e. The normalized spacial score (nSPS) is 18.0. The maximum atomic E-state index is 13.3. The van der Waals surface area contributed by atoms with Gasteiger partial charge in [0.1, 0.15) is 5.75 Å². The number of nitrogens with zero attached hydrogens (tertiary/aromatic N) is 1. The molecule has 2 aliphatic heterocycles. The Morgan fingerprint density at radius 3 is 2.49 bits per heavy atom. The number of sulfonamides is 1. The van der Waals surface area contributed by atoms with Crippen LogP contribution in [0.1, 0.15) is 47.2 Å². The number of hydrogen-bond donors (Lipinski definition) is 2. The molecular weight excluding hydrogens is 555 g/mol. The monoisotopic (exact) mass is 585 g/mol. The third kappa shape index (κ3) is 7.16. The summed E-state index contributed by atoms with van der Waals surface area (Å²) in [5.74, 6) is 0.298. The van der Waals surface area contributed by atoms with Crippen LogP contribution in [-0.2, 0) is 27.5 Å². The number of fused-ring (bicyclic) bond motifs is 1. The van der Waals surface area contributed by atoms with Gasteiger partial charge in [0.15, 0.2) is 0 Å². The van der Waals surface area contributed by atoms with Crippen molar-refractivity contribution in [3.05, 3.63) is 107 Å². The summed E-state index contributed by atoms with van der Waals surface area (Å²) in [6.07, 6.45) is -0.156. The fourth-order valence-corrected chi connectivity index (χ4v) is 6.31. The minimum absolute atomic E-state index is 0.255. The quantitative estimate of drug-likeness (QED) is 0.340. The highest BCUT2D eigenvalue weighted by Gasteiger charge is 2.33. The first-order valence-electron chi connectivity index (χ1n) is 13.3. The molecule has 0 radical (unpaired) electrons. The van der Waals surface area contributed by atoms with E-state index in [9.17, 15) is 26.4 Å². The van der Waals surface area contributed by atoms with Crippen LogP contribution >= 0.6 is 0 Å². The van der Waals surface area contributed by atoms with Crippen LogP contribution in [0, 0.1) is 0 Å². The lowest BCUT2D eigenvalue weighted by Gasteiger charge is -2.28. The minimum atomic E-state index is -4.70. The van der Waals surface area contributed by atoms with Crippen LogP contribution < -0.4 is 14.8 Å². The first-order chi connectivity index (χ1) is 19.6. The van der Waals surface area contributed by atoms with Gasteiger partial charge in [-0.25, -0.2) is 13.1 Å². The smallest absolute Gasteiger partial charge is 0.416 e. The molecule has 0 fully saturated rings. The summed E-state index contributed by atoms with van der Waals surface area (Å²) in [4.78, 5) is 15.0. The molecule has 3 aromatic rings. The molecule has 216 valence electrons. The third-order valence-corrected chi connectivity index (χ3v) is 8.58. The average molecular weight is 586 g/mol. The van der Waals surface area contributed by atoms with Gasteiger partial charge < -0.3 is 10.1 Å². The van der Waals surface area contributed by atoms with Gasteiger partial charge in [-0.2, -0.15) is 13.2 Å². The SMILES string of the molecule is O=C(CC(NS(=O)(=O)c1cccc(C(F)(F)F)c1)c1ccccc1)NC1CCOc2cc(CN3CC=CC3)ccc21. The van der Waals surface area contributed by atoms with Gasteiger partial charge in [-0.1, -0.05) is 60.7 Å². The van der Waals surface area contributed by atoms with Gasteiger partial charge in [-0.3, -0.25) is 9.69 Å². The van der Waals surface area contributed by atoms with Gasteiger partial charge >= 0.3 is 6.18 Å². The Bertz CT molecular complexity index is 1520. The molecule has 0 spiro atoms. The summed E-state index contributed by atoms with van der Waals surface area (Å²) in [6, 6.07) is 16.6. The zero-order valence-electron chi connectivity index (χ0n) is 22.1. The average Bonchev–Trinajstić information content (AvgIpc) is 3.46. The number of benzene rings is 3. The van der Waals surface area contributed by atoms with E-state index in [1.807, 2.05) is 18.2 Å². The Morgan fingerprint density at radius 2 is 1.76 bits per heavy atom. The fourth-order valence-electron chi connectivity index (χ4n) is 5.04. The van der Waals surface area contributed by atoms with E-state index in [-0.39, 0.29) is 12.5 Å². The van der Waals surface area contributed by atoms with Gasteiger partial charge in [0.05, 0.1) is 29.1 Å². The Hall–Kier alpha value is -3.67. The number of amides is 1. The van der Waals surface area contributed by atoms with E-state index < -0.39 is 38.6 Å². The first-order valence-corrected chi connectivity index (χ1v) is 14.7. The van der Waals surface area contributed by atoms with Gasteiger partial charge in [0.2, 0.25) is 15.9 Å². The van der Waals surface area contributed by atoms with Crippen molar-refractivity contribution in [2.45, 2.75) is 42.5 Å². The second-order valence-electron chi connectivity index (χ2n) is 10.1. The predicted molar refractivity (Wildman–Crippen MR) is 147 cm³/mol. The van der Waals surface area contributed by atoms with Crippen LogP contribution in [0.4, 0.5) is 13.2 Å². The van der Waals surface area contributed by atoms with E-state index >= 15 is 0 Å². The van der Waals surface area contributed by atoms with E-state index in [2.05, 4.69) is 27.1 Å². The van der Waals surface area contributed by atoms with Crippen LogP contribution in [-0.4, -0.2) is 38.9 Å². The van der Waals surface area contributed by atoms with E-state index in [0.717, 1.165) is 49.0 Å². The molecule has 2 unspecified atom stereocenters. The summed E-state index contributed by atoms with van der Waals surface area (Å²) in [5.41, 5.74) is 1.38. The van der Waals surface area contributed by atoms with E-state index in [1.54, 1.807) is 30.3 Å². The van der Waals surface area contributed by atoms with Crippen LogP contribution in [0.5, 0.6) is 5.75 Å². The number of hydrogen-bond acceptors (Lipinski definition) is 5. The summed E-state index contributed by atoms with van der Waals surface area (Å²) >= 11 is 0. The van der Waals surface area contributed by atoms with Crippen LogP contribution in [0.2, 0.25) is 0 Å². The molecule has 2 heterocycles. The molecule has 0 saturated heterocycles. The molecule has 2 N–H and O–H groups in total. The molecule has 0 aliphatic carbocycles. The summed E-state index contributed by atoms with van der Waals surface area (Å²) in [5, 5.41) is 3.00. The third-order valence-electron chi connectivity index (χ3n) is 7.11.